The molecule has 0 saturated heterocycles. The van der Waals surface area contributed by atoms with Gasteiger partial charge in [-0.1, -0.05) is 101 Å². The Hall–Kier alpha value is -4.20. The molecule has 2 heterocycles. The maximum absolute atomic E-state index is 9.92. The van der Waals surface area contributed by atoms with Crippen LogP contribution < -0.4 is 14.2 Å². The summed E-state index contributed by atoms with van der Waals surface area (Å²) in [7, 11) is 0. The van der Waals surface area contributed by atoms with Crippen molar-refractivity contribution in [1.82, 2.24) is 20.4 Å². The molecule has 1 N–H and O–H groups in total. The van der Waals surface area contributed by atoms with E-state index >= 15 is 0 Å². The summed E-state index contributed by atoms with van der Waals surface area (Å²) in [6.45, 7) is 8.29. The van der Waals surface area contributed by atoms with Crippen LogP contribution >= 0.6 is 0 Å². The molecular weight excluding hydrogens is 504 g/mol. The van der Waals surface area contributed by atoms with Crippen molar-refractivity contribution in [2.24, 2.45) is 0 Å². The lowest BCUT2D eigenvalue weighted by molar-refractivity contribution is 0.282. The molecule has 0 spiro atoms. The quantitative estimate of drug-likeness (QED) is 0.163. The van der Waals surface area contributed by atoms with Gasteiger partial charge in [-0.3, -0.25) is 0 Å². The molecule has 8 heteroatoms. The Morgan fingerprint density at radius 2 is 1.00 bits per heavy atom. The number of nitrogens with zero attached hydrogens (tertiary/aromatic N) is 4. The Bertz CT molecular complexity index is 1260. The van der Waals surface area contributed by atoms with Crippen LogP contribution in [0.25, 0.3) is 22.5 Å². The Morgan fingerprint density at radius 3 is 1.50 bits per heavy atom. The van der Waals surface area contributed by atoms with E-state index in [1.165, 1.54) is 6.07 Å². The third-order valence-corrected chi connectivity index (χ3v) is 5.83. The minimum atomic E-state index is 0.0858. The fraction of sp³-hybridized carbons (Fsp3) is 0.375. The molecule has 40 heavy (non-hydrogen) atoms. The van der Waals surface area contributed by atoms with Gasteiger partial charge in [-0.2, -0.15) is 0 Å². The second-order valence-corrected chi connectivity index (χ2v) is 9.15. The number of aromatic hydroxyl groups is 1. The standard InChI is InChI=1S/C18H24N2O2.C14H16N2O2/c1-3-5-12-21-16-14-17(22-13-6-4-2)19-20-18(16)15-10-8-7-9-11-15;1-2-3-9-18-13-10-12(17)14(16-15-13)11-7-5-4-6-8-11/h7-11,14H,3-6,12-13H2,1-2H3;4-8,10H,2-3,9H2,1H3,(H,15,17). The minimum Gasteiger partial charge on any atom is -0.505 e. The highest BCUT2D eigenvalue weighted by molar-refractivity contribution is 5.66. The number of hydrogen-bond donors (Lipinski definition) is 1. The summed E-state index contributed by atoms with van der Waals surface area (Å²) in [6.07, 6.45) is 6.23. The zero-order valence-electron chi connectivity index (χ0n) is 23.8. The van der Waals surface area contributed by atoms with Gasteiger partial charge in [0.2, 0.25) is 11.8 Å². The van der Waals surface area contributed by atoms with E-state index in [-0.39, 0.29) is 5.75 Å². The smallest absolute Gasteiger partial charge is 0.237 e. The van der Waals surface area contributed by atoms with Gasteiger partial charge in [-0.05, 0) is 19.3 Å². The van der Waals surface area contributed by atoms with Crippen molar-refractivity contribution in [2.75, 3.05) is 19.8 Å². The lowest BCUT2D eigenvalue weighted by Crippen LogP contribution is -2.04. The molecule has 0 aliphatic rings. The third-order valence-electron chi connectivity index (χ3n) is 5.83. The summed E-state index contributed by atoms with van der Waals surface area (Å²) >= 11 is 0. The van der Waals surface area contributed by atoms with Gasteiger partial charge < -0.3 is 19.3 Å². The van der Waals surface area contributed by atoms with E-state index in [1.807, 2.05) is 66.7 Å². The van der Waals surface area contributed by atoms with Crippen molar-refractivity contribution < 1.29 is 19.3 Å². The highest BCUT2D eigenvalue weighted by atomic mass is 16.5. The van der Waals surface area contributed by atoms with Gasteiger partial charge in [0.15, 0.2) is 5.75 Å². The number of benzene rings is 2. The van der Waals surface area contributed by atoms with Crippen LogP contribution in [-0.4, -0.2) is 45.3 Å². The van der Waals surface area contributed by atoms with Crippen LogP contribution in [0.15, 0.2) is 72.8 Å². The molecule has 0 fully saturated rings. The van der Waals surface area contributed by atoms with E-state index in [0.717, 1.165) is 61.1 Å². The number of rotatable bonds is 14. The molecule has 0 aliphatic heterocycles. The lowest BCUT2D eigenvalue weighted by atomic mass is 10.1. The summed E-state index contributed by atoms with van der Waals surface area (Å²) in [6, 6.07) is 22.8. The molecule has 0 saturated carbocycles. The topological polar surface area (TPSA) is 99.5 Å². The normalized spacial score (nSPS) is 10.4. The molecule has 0 atom stereocenters. The predicted molar refractivity (Wildman–Crippen MR) is 158 cm³/mol. The van der Waals surface area contributed by atoms with E-state index in [9.17, 15) is 5.11 Å². The number of hydrogen-bond acceptors (Lipinski definition) is 8. The maximum Gasteiger partial charge on any atom is 0.237 e. The Kier molecular flexibility index (Phi) is 13.2. The molecule has 0 amide bonds. The van der Waals surface area contributed by atoms with Crippen molar-refractivity contribution in [1.29, 1.82) is 0 Å². The summed E-state index contributed by atoms with van der Waals surface area (Å²) in [5, 5.41) is 26.3. The average Bonchev–Trinajstić information content (AvgIpc) is 2.99. The monoisotopic (exact) mass is 544 g/mol. The summed E-state index contributed by atoms with van der Waals surface area (Å²) < 4.78 is 16.9. The van der Waals surface area contributed by atoms with Gasteiger partial charge >= 0.3 is 0 Å². The molecule has 0 bridgehead atoms. The van der Waals surface area contributed by atoms with Gasteiger partial charge in [0, 0.05) is 23.3 Å². The van der Waals surface area contributed by atoms with Gasteiger partial charge in [-0.15, -0.1) is 20.4 Å². The highest BCUT2D eigenvalue weighted by Gasteiger charge is 2.12. The first-order valence-corrected chi connectivity index (χ1v) is 14.1. The Morgan fingerprint density at radius 1 is 0.550 bits per heavy atom. The average molecular weight is 545 g/mol. The first kappa shape index (κ1) is 30.3. The van der Waals surface area contributed by atoms with E-state index in [1.54, 1.807) is 0 Å². The van der Waals surface area contributed by atoms with Crippen LogP contribution in [0.1, 0.15) is 59.3 Å². The predicted octanol–water partition coefficient (Wildman–Crippen LogP) is 7.53. The molecule has 8 nitrogen and oxygen atoms in total. The van der Waals surface area contributed by atoms with E-state index in [4.69, 9.17) is 14.2 Å². The van der Waals surface area contributed by atoms with Gasteiger partial charge in [-0.25, -0.2) is 0 Å². The van der Waals surface area contributed by atoms with Crippen molar-refractivity contribution in [3.05, 3.63) is 72.8 Å². The second-order valence-electron chi connectivity index (χ2n) is 9.15. The van der Waals surface area contributed by atoms with Gasteiger partial charge in [0.1, 0.15) is 17.1 Å². The largest absolute Gasteiger partial charge is 0.505 e. The van der Waals surface area contributed by atoms with Crippen molar-refractivity contribution in [3.63, 3.8) is 0 Å². The van der Waals surface area contributed by atoms with Gasteiger partial charge in [0.25, 0.3) is 0 Å². The fourth-order valence-electron chi connectivity index (χ4n) is 3.54. The molecule has 212 valence electrons. The number of aromatic nitrogens is 4. The molecule has 4 aromatic rings. The molecule has 2 aromatic carbocycles. The first-order chi connectivity index (χ1) is 19.7. The molecule has 2 aromatic heterocycles. The van der Waals surface area contributed by atoms with Crippen LogP contribution in [-0.2, 0) is 0 Å². The summed E-state index contributed by atoms with van der Waals surface area (Å²) in [4.78, 5) is 0. The van der Waals surface area contributed by atoms with Crippen LogP contribution in [0, 0.1) is 0 Å². The first-order valence-electron chi connectivity index (χ1n) is 14.1. The maximum atomic E-state index is 9.92. The van der Waals surface area contributed by atoms with Crippen LogP contribution in [0.4, 0.5) is 0 Å². The zero-order valence-corrected chi connectivity index (χ0v) is 23.8. The lowest BCUT2D eigenvalue weighted by Gasteiger charge is -2.12. The number of ether oxygens (including phenoxy) is 3. The fourth-order valence-corrected chi connectivity index (χ4v) is 3.54. The summed E-state index contributed by atoms with van der Waals surface area (Å²) in [5.41, 5.74) is 3.07. The minimum absolute atomic E-state index is 0.0858. The highest BCUT2D eigenvalue weighted by Crippen LogP contribution is 2.30. The van der Waals surface area contributed by atoms with E-state index in [0.29, 0.717) is 37.3 Å². The number of unbranched alkanes of at least 4 members (excludes halogenated alkanes) is 3. The Balaban J connectivity index is 0.000000225. The molecule has 0 radical (unpaired) electrons. The van der Waals surface area contributed by atoms with Crippen molar-refractivity contribution in [2.45, 2.75) is 59.3 Å². The van der Waals surface area contributed by atoms with Crippen molar-refractivity contribution >= 4 is 0 Å². The van der Waals surface area contributed by atoms with Crippen LogP contribution in [0.3, 0.4) is 0 Å². The van der Waals surface area contributed by atoms with Gasteiger partial charge in [0.05, 0.1) is 19.8 Å². The molecule has 4 rings (SSSR count). The van der Waals surface area contributed by atoms with Crippen LogP contribution in [0.2, 0.25) is 0 Å². The SMILES string of the molecule is CCCCOc1cc(O)c(-c2ccccc2)nn1.CCCCOc1cc(OCCCC)c(-c2ccccc2)nn1. The Labute approximate surface area is 237 Å². The van der Waals surface area contributed by atoms with E-state index < -0.39 is 0 Å². The zero-order chi connectivity index (χ0) is 28.4. The van der Waals surface area contributed by atoms with Crippen LogP contribution in [0.5, 0.6) is 23.3 Å². The molecular formula is C32H40N4O4. The van der Waals surface area contributed by atoms with E-state index in [2.05, 4.69) is 41.2 Å². The summed E-state index contributed by atoms with van der Waals surface area (Å²) in [5.74, 6) is 1.71. The second kappa shape index (κ2) is 17.4. The van der Waals surface area contributed by atoms with Crippen molar-refractivity contribution in [3.8, 4) is 45.8 Å². The third kappa shape index (κ3) is 9.84. The molecule has 0 unspecified atom stereocenters. The molecule has 0 aliphatic carbocycles.